The molecule has 0 aliphatic rings. The van der Waals surface area contributed by atoms with E-state index in [9.17, 15) is 9.59 Å². The molecule has 0 saturated heterocycles. The average Bonchev–Trinajstić information content (AvgIpc) is 2.75. The number of hydrogen-bond donors (Lipinski definition) is 1. The van der Waals surface area contributed by atoms with Crippen LogP contribution in [0.3, 0.4) is 0 Å². The zero-order valence-corrected chi connectivity index (χ0v) is 16.5. The highest BCUT2D eigenvalue weighted by Crippen LogP contribution is 2.23. The summed E-state index contributed by atoms with van der Waals surface area (Å²) in [5.74, 6) is 0.703. The molecule has 8 nitrogen and oxygen atoms in total. The second-order valence-electron chi connectivity index (χ2n) is 6.23. The van der Waals surface area contributed by atoms with Crippen LogP contribution in [0.1, 0.15) is 29.4 Å². The summed E-state index contributed by atoms with van der Waals surface area (Å²) in [6.07, 6.45) is 2.20. The lowest BCUT2D eigenvalue weighted by molar-refractivity contribution is 0.0949. The molecule has 3 rings (SSSR count). The molecule has 0 fully saturated rings. The van der Waals surface area contributed by atoms with E-state index >= 15 is 0 Å². The molecular weight excluding hydrogens is 372 g/mol. The molecule has 150 valence electrons. The Kier molecular flexibility index (Phi) is 6.23. The number of hydrazone groups is 1. The van der Waals surface area contributed by atoms with Gasteiger partial charge in [-0.25, -0.2) is 10.1 Å². The minimum atomic E-state index is -0.505. The Labute approximate surface area is 167 Å². The maximum absolute atomic E-state index is 12.7. The standard InChI is InChI=1S/C21H22N4O4/c1-4-11-25-21(27)17-8-6-5-7-16(17)19(24-25)20(26)23-22-13-14-9-10-15(28-2)12-18(14)29-3/h5-10,12-13H,4,11H2,1-3H3,(H,23,26)/b22-13-. The maximum Gasteiger partial charge on any atom is 0.292 e. The SMILES string of the molecule is CCCn1nc(C(=O)N/N=C\c2ccc(OC)cc2OC)c2ccccc2c1=O. The number of fused-ring (bicyclic) bond motifs is 1. The van der Waals surface area contributed by atoms with Gasteiger partial charge in [-0.2, -0.15) is 10.2 Å². The molecule has 29 heavy (non-hydrogen) atoms. The number of benzene rings is 2. The summed E-state index contributed by atoms with van der Waals surface area (Å²) < 4.78 is 11.8. The number of carbonyl (C=O) groups is 1. The van der Waals surface area contributed by atoms with Crippen molar-refractivity contribution in [1.82, 2.24) is 15.2 Å². The first-order chi connectivity index (χ1) is 14.1. The highest BCUT2D eigenvalue weighted by atomic mass is 16.5. The number of rotatable bonds is 7. The first-order valence-corrected chi connectivity index (χ1v) is 9.14. The summed E-state index contributed by atoms with van der Waals surface area (Å²) in [7, 11) is 3.11. The van der Waals surface area contributed by atoms with E-state index in [0.717, 1.165) is 6.42 Å². The van der Waals surface area contributed by atoms with Crippen molar-refractivity contribution < 1.29 is 14.3 Å². The van der Waals surface area contributed by atoms with Gasteiger partial charge >= 0.3 is 0 Å². The van der Waals surface area contributed by atoms with Crippen LogP contribution in [0.15, 0.2) is 52.4 Å². The molecule has 1 aromatic heterocycles. The number of ether oxygens (including phenoxy) is 2. The molecule has 1 N–H and O–H groups in total. The fourth-order valence-electron chi connectivity index (χ4n) is 2.90. The van der Waals surface area contributed by atoms with Crippen LogP contribution in [0.4, 0.5) is 0 Å². The minimum absolute atomic E-state index is 0.146. The van der Waals surface area contributed by atoms with Crippen LogP contribution in [0.2, 0.25) is 0 Å². The van der Waals surface area contributed by atoms with Gasteiger partial charge in [0.1, 0.15) is 11.5 Å². The number of carbonyl (C=O) groups excluding carboxylic acids is 1. The molecule has 0 bridgehead atoms. The zero-order chi connectivity index (χ0) is 20.8. The zero-order valence-electron chi connectivity index (χ0n) is 16.5. The fourth-order valence-corrected chi connectivity index (χ4v) is 2.90. The number of aryl methyl sites for hydroxylation is 1. The van der Waals surface area contributed by atoms with Crippen molar-refractivity contribution in [3.8, 4) is 11.5 Å². The molecule has 0 aliphatic heterocycles. The third-order valence-corrected chi connectivity index (χ3v) is 4.33. The van der Waals surface area contributed by atoms with Gasteiger partial charge in [0.15, 0.2) is 5.69 Å². The van der Waals surface area contributed by atoms with E-state index in [1.807, 2.05) is 6.92 Å². The monoisotopic (exact) mass is 394 g/mol. The molecule has 0 unspecified atom stereocenters. The molecule has 0 atom stereocenters. The largest absolute Gasteiger partial charge is 0.497 e. The van der Waals surface area contributed by atoms with E-state index in [1.165, 1.54) is 18.0 Å². The van der Waals surface area contributed by atoms with E-state index in [1.54, 1.807) is 49.6 Å². The molecule has 2 aromatic carbocycles. The number of amides is 1. The lowest BCUT2D eigenvalue weighted by Crippen LogP contribution is -2.29. The van der Waals surface area contributed by atoms with Crippen molar-refractivity contribution in [3.63, 3.8) is 0 Å². The Morgan fingerprint density at radius 1 is 1.17 bits per heavy atom. The lowest BCUT2D eigenvalue weighted by atomic mass is 10.1. The summed E-state index contributed by atoms with van der Waals surface area (Å²) in [4.78, 5) is 25.2. The summed E-state index contributed by atoms with van der Waals surface area (Å²) in [5.41, 5.74) is 3.07. The van der Waals surface area contributed by atoms with E-state index in [0.29, 0.717) is 34.4 Å². The first-order valence-electron chi connectivity index (χ1n) is 9.14. The topological polar surface area (TPSA) is 94.8 Å². The molecule has 0 radical (unpaired) electrons. The van der Waals surface area contributed by atoms with Crippen molar-refractivity contribution in [2.75, 3.05) is 14.2 Å². The van der Waals surface area contributed by atoms with Crippen LogP contribution >= 0.6 is 0 Å². The van der Waals surface area contributed by atoms with Crippen molar-refractivity contribution in [3.05, 3.63) is 64.1 Å². The molecular formula is C21H22N4O4. The van der Waals surface area contributed by atoms with Crippen LogP contribution in [-0.2, 0) is 6.54 Å². The summed E-state index contributed by atoms with van der Waals surface area (Å²) >= 11 is 0. The van der Waals surface area contributed by atoms with E-state index in [4.69, 9.17) is 9.47 Å². The third kappa shape index (κ3) is 4.26. The second-order valence-corrected chi connectivity index (χ2v) is 6.23. The summed E-state index contributed by atoms with van der Waals surface area (Å²) in [6, 6.07) is 12.2. The Balaban J connectivity index is 1.90. The molecule has 8 heteroatoms. The van der Waals surface area contributed by atoms with Crippen LogP contribution in [0.5, 0.6) is 11.5 Å². The quantitative estimate of drug-likeness (QED) is 0.491. The Bertz CT molecular complexity index is 1120. The van der Waals surface area contributed by atoms with Crippen molar-refractivity contribution in [2.45, 2.75) is 19.9 Å². The van der Waals surface area contributed by atoms with Gasteiger partial charge in [-0.1, -0.05) is 25.1 Å². The molecule has 0 spiro atoms. The fraction of sp³-hybridized carbons (Fsp3) is 0.238. The van der Waals surface area contributed by atoms with Crippen LogP contribution < -0.4 is 20.5 Å². The minimum Gasteiger partial charge on any atom is -0.497 e. The number of nitrogens with zero attached hydrogens (tertiary/aromatic N) is 3. The van der Waals surface area contributed by atoms with Crippen molar-refractivity contribution >= 4 is 22.9 Å². The third-order valence-electron chi connectivity index (χ3n) is 4.33. The second kappa shape index (κ2) is 9.01. The summed E-state index contributed by atoms with van der Waals surface area (Å²) in [6.45, 7) is 2.37. The van der Waals surface area contributed by atoms with E-state index < -0.39 is 5.91 Å². The Hall–Kier alpha value is -3.68. The molecule has 1 heterocycles. The van der Waals surface area contributed by atoms with Crippen LogP contribution in [0.25, 0.3) is 10.8 Å². The molecule has 0 aliphatic carbocycles. The Morgan fingerprint density at radius 2 is 1.93 bits per heavy atom. The molecule has 1 amide bonds. The first kappa shape index (κ1) is 20.1. The summed E-state index contributed by atoms with van der Waals surface area (Å²) in [5, 5.41) is 9.20. The Morgan fingerprint density at radius 3 is 2.62 bits per heavy atom. The number of nitrogens with one attached hydrogen (secondary N) is 1. The maximum atomic E-state index is 12.7. The highest BCUT2D eigenvalue weighted by Gasteiger charge is 2.16. The van der Waals surface area contributed by atoms with Crippen LogP contribution in [-0.4, -0.2) is 36.1 Å². The van der Waals surface area contributed by atoms with Gasteiger partial charge in [0, 0.05) is 23.6 Å². The van der Waals surface area contributed by atoms with Gasteiger partial charge in [0.05, 0.1) is 25.8 Å². The van der Waals surface area contributed by atoms with Gasteiger partial charge in [-0.15, -0.1) is 0 Å². The normalized spacial score (nSPS) is 11.0. The van der Waals surface area contributed by atoms with E-state index in [-0.39, 0.29) is 11.3 Å². The predicted molar refractivity (Wildman–Crippen MR) is 111 cm³/mol. The number of methoxy groups -OCH3 is 2. The smallest absolute Gasteiger partial charge is 0.292 e. The van der Waals surface area contributed by atoms with E-state index in [2.05, 4.69) is 15.6 Å². The molecule has 0 saturated carbocycles. The number of aromatic nitrogens is 2. The highest BCUT2D eigenvalue weighted by molar-refractivity contribution is 6.05. The average molecular weight is 394 g/mol. The van der Waals surface area contributed by atoms with Crippen molar-refractivity contribution in [1.29, 1.82) is 0 Å². The van der Waals surface area contributed by atoms with Crippen molar-refractivity contribution in [2.24, 2.45) is 5.10 Å². The van der Waals surface area contributed by atoms with Gasteiger partial charge in [0.25, 0.3) is 11.5 Å². The van der Waals surface area contributed by atoms with Gasteiger partial charge in [-0.05, 0) is 24.6 Å². The molecule has 3 aromatic rings. The van der Waals surface area contributed by atoms with Gasteiger partial charge in [-0.3, -0.25) is 9.59 Å². The predicted octanol–water partition coefficient (Wildman–Crippen LogP) is 2.59. The van der Waals surface area contributed by atoms with Gasteiger partial charge in [0.2, 0.25) is 0 Å². The lowest BCUT2D eigenvalue weighted by Gasteiger charge is -2.09. The number of hydrogen-bond acceptors (Lipinski definition) is 6. The van der Waals surface area contributed by atoms with Crippen LogP contribution in [0, 0.1) is 0 Å². The van der Waals surface area contributed by atoms with Gasteiger partial charge < -0.3 is 9.47 Å².